The number of rotatable bonds is 6. The molecule has 0 aromatic carbocycles. The highest BCUT2D eigenvalue weighted by Crippen LogP contribution is 2.16. The Kier molecular flexibility index (Phi) is 5.35. The van der Waals surface area contributed by atoms with E-state index in [0.717, 1.165) is 5.82 Å². The fourth-order valence-electron chi connectivity index (χ4n) is 1.42. The van der Waals surface area contributed by atoms with Crippen LogP contribution in [0.4, 0.5) is 5.82 Å². The number of carbonyl (C=O) groups excluding carboxylic acids is 1. The number of carbonyl (C=O) groups is 1. The Bertz CT molecular complexity index is 410. The molecule has 18 heavy (non-hydrogen) atoms. The van der Waals surface area contributed by atoms with Gasteiger partial charge in [-0.05, 0) is 13.8 Å². The van der Waals surface area contributed by atoms with Crippen molar-refractivity contribution in [3.8, 4) is 5.88 Å². The van der Waals surface area contributed by atoms with Crippen molar-refractivity contribution in [2.45, 2.75) is 20.3 Å². The first-order chi connectivity index (χ1) is 8.56. The van der Waals surface area contributed by atoms with Crippen molar-refractivity contribution in [2.75, 3.05) is 32.2 Å². The van der Waals surface area contributed by atoms with Crippen molar-refractivity contribution in [3.05, 3.63) is 11.9 Å². The average Bonchev–Trinajstić information content (AvgIpc) is 2.35. The molecule has 0 amide bonds. The zero-order valence-corrected chi connectivity index (χ0v) is 11.3. The highest BCUT2D eigenvalue weighted by Gasteiger charge is 2.09. The number of ether oxygens (including phenoxy) is 2. The minimum absolute atomic E-state index is 0.238. The lowest BCUT2D eigenvalue weighted by molar-refractivity contribution is -0.140. The maximum Gasteiger partial charge on any atom is 0.307 e. The fraction of sp³-hybridized carbons (Fsp3) is 0.583. The van der Waals surface area contributed by atoms with Crippen LogP contribution in [0.3, 0.4) is 0 Å². The van der Waals surface area contributed by atoms with Crippen LogP contribution in [0, 0.1) is 6.92 Å². The molecule has 0 saturated carbocycles. The van der Waals surface area contributed by atoms with E-state index in [1.807, 2.05) is 18.9 Å². The normalized spacial score (nSPS) is 10.0. The van der Waals surface area contributed by atoms with Gasteiger partial charge in [-0.1, -0.05) is 0 Å². The lowest BCUT2D eigenvalue weighted by Crippen LogP contribution is -2.23. The molecule has 0 radical (unpaired) electrons. The van der Waals surface area contributed by atoms with Gasteiger partial charge in [0.1, 0.15) is 11.6 Å². The summed E-state index contributed by atoms with van der Waals surface area (Å²) < 4.78 is 9.95. The third-order valence-corrected chi connectivity index (χ3v) is 2.36. The molecule has 1 rings (SSSR count). The Morgan fingerprint density at radius 3 is 2.78 bits per heavy atom. The molecule has 1 aromatic rings. The van der Waals surface area contributed by atoms with Crippen molar-refractivity contribution < 1.29 is 14.3 Å². The van der Waals surface area contributed by atoms with Crippen LogP contribution in [0.5, 0.6) is 5.88 Å². The van der Waals surface area contributed by atoms with Crippen molar-refractivity contribution in [3.63, 3.8) is 0 Å². The first-order valence-corrected chi connectivity index (χ1v) is 5.83. The van der Waals surface area contributed by atoms with Gasteiger partial charge in [0.05, 0.1) is 20.1 Å². The summed E-state index contributed by atoms with van der Waals surface area (Å²) in [5, 5.41) is 0. The van der Waals surface area contributed by atoms with Gasteiger partial charge in [0.25, 0.3) is 0 Å². The van der Waals surface area contributed by atoms with Crippen LogP contribution in [0.1, 0.15) is 19.2 Å². The van der Waals surface area contributed by atoms with Gasteiger partial charge in [-0.2, -0.15) is 4.98 Å². The molecule has 6 nitrogen and oxygen atoms in total. The largest absolute Gasteiger partial charge is 0.478 e. The minimum Gasteiger partial charge on any atom is -0.478 e. The number of hydrogen-bond acceptors (Lipinski definition) is 6. The second kappa shape index (κ2) is 6.78. The highest BCUT2D eigenvalue weighted by atomic mass is 16.5. The molecule has 0 aliphatic carbocycles. The highest BCUT2D eigenvalue weighted by molar-refractivity contribution is 5.69. The van der Waals surface area contributed by atoms with E-state index < -0.39 is 0 Å². The summed E-state index contributed by atoms with van der Waals surface area (Å²) in [5.41, 5.74) is 0. The van der Waals surface area contributed by atoms with Gasteiger partial charge < -0.3 is 14.4 Å². The lowest BCUT2D eigenvalue weighted by atomic mass is 10.4. The molecule has 0 spiro atoms. The summed E-state index contributed by atoms with van der Waals surface area (Å²) in [6.07, 6.45) is 0.319. The van der Waals surface area contributed by atoms with E-state index in [2.05, 4.69) is 14.7 Å². The molecular formula is C12H19N3O3. The third kappa shape index (κ3) is 4.20. The number of anilines is 1. The molecule has 0 bridgehead atoms. The van der Waals surface area contributed by atoms with E-state index in [4.69, 9.17) is 4.74 Å². The van der Waals surface area contributed by atoms with Gasteiger partial charge in [-0.25, -0.2) is 4.98 Å². The number of nitrogens with zero attached hydrogens (tertiary/aromatic N) is 3. The SMILES string of the molecule is CCOc1cc(N(C)CCC(=O)OC)nc(C)n1. The molecule has 1 aromatic heterocycles. The molecule has 0 atom stereocenters. The van der Waals surface area contributed by atoms with Crippen LogP contribution < -0.4 is 9.64 Å². The van der Waals surface area contributed by atoms with Crippen LogP contribution in [0.15, 0.2) is 6.07 Å². The Labute approximate surface area is 107 Å². The molecule has 0 fully saturated rings. The predicted octanol–water partition coefficient (Wildman–Crippen LogP) is 1.18. The second-order valence-corrected chi connectivity index (χ2v) is 3.79. The number of esters is 1. The van der Waals surface area contributed by atoms with E-state index >= 15 is 0 Å². The van der Waals surface area contributed by atoms with Crippen LogP contribution in [0.25, 0.3) is 0 Å². The van der Waals surface area contributed by atoms with Crippen LogP contribution in [-0.4, -0.2) is 43.2 Å². The average molecular weight is 253 g/mol. The van der Waals surface area contributed by atoms with Gasteiger partial charge >= 0.3 is 5.97 Å². The molecule has 1 heterocycles. The smallest absolute Gasteiger partial charge is 0.307 e. The topological polar surface area (TPSA) is 64.5 Å². The van der Waals surface area contributed by atoms with Crippen LogP contribution >= 0.6 is 0 Å². The second-order valence-electron chi connectivity index (χ2n) is 3.79. The van der Waals surface area contributed by atoms with E-state index in [-0.39, 0.29) is 5.97 Å². The van der Waals surface area contributed by atoms with E-state index in [9.17, 15) is 4.79 Å². The summed E-state index contributed by atoms with van der Waals surface area (Å²) in [6, 6.07) is 1.76. The fourth-order valence-corrected chi connectivity index (χ4v) is 1.42. The van der Waals surface area contributed by atoms with Crippen LogP contribution in [-0.2, 0) is 9.53 Å². The standard InChI is InChI=1S/C12H19N3O3/c1-5-18-11-8-10(13-9(2)14-11)15(3)7-6-12(16)17-4/h8H,5-7H2,1-4H3. The van der Waals surface area contributed by atoms with E-state index in [0.29, 0.717) is 31.3 Å². The zero-order valence-electron chi connectivity index (χ0n) is 11.3. The predicted molar refractivity (Wildman–Crippen MR) is 67.8 cm³/mol. The lowest BCUT2D eigenvalue weighted by Gasteiger charge is -2.18. The Balaban J connectivity index is 2.72. The van der Waals surface area contributed by atoms with Crippen LogP contribution in [0.2, 0.25) is 0 Å². The first kappa shape index (κ1) is 14.2. The number of methoxy groups -OCH3 is 1. The number of aryl methyl sites for hydroxylation is 1. The summed E-state index contributed by atoms with van der Waals surface area (Å²) >= 11 is 0. The van der Waals surface area contributed by atoms with Crippen molar-refractivity contribution >= 4 is 11.8 Å². The molecule has 0 N–H and O–H groups in total. The van der Waals surface area contributed by atoms with Crippen molar-refractivity contribution in [2.24, 2.45) is 0 Å². The molecule has 100 valence electrons. The monoisotopic (exact) mass is 253 g/mol. The minimum atomic E-state index is -0.238. The van der Waals surface area contributed by atoms with Gasteiger partial charge in [0.2, 0.25) is 5.88 Å². The summed E-state index contributed by atoms with van der Waals surface area (Å²) in [6.45, 7) is 4.80. The molecular weight excluding hydrogens is 234 g/mol. The maximum absolute atomic E-state index is 11.1. The Morgan fingerprint density at radius 2 is 2.17 bits per heavy atom. The van der Waals surface area contributed by atoms with E-state index in [1.54, 1.807) is 13.0 Å². The quantitative estimate of drug-likeness (QED) is 0.709. The molecule has 0 saturated heterocycles. The summed E-state index contributed by atoms with van der Waals surface area (Å²) in [7, 11) is 3.24. The summed E-state index contributed by atoms with van der Waals surface area (Å²) in [5.74, 6) is 1.68. The first-order valence-electron chi connectivity index (χ1n) is 5.83. The molecule has 0 aliphatic heterocycles. The molecule has 0 aliphatic rings. The van der Waals surface area contributed by atoms with Gasteiger partial charge in [-0.15, -0.1) is 0 Å². The van der Waals surface area contributed by atoms with Crippen molar-refractivity contribution in [1.82, 2.24) is 9.97 Å². The Morgan fingerprint density at radius 1 is 1.44 bits per heavy atom. The zero-order chi connectivity index (χ0) is 13.5. The third-order valence-electron chi connectivity index (χ3n) is 2.36. The van der Waals surface area contributed by atoms with Gasteiger partial charge in [0, 0.05) is 19.7 Å². The Hall–Kier alpha value is -1.85. The van der Waals surface area contributed by atoms with E-state index in [1.165, 1.54) is 7.11 Å². The molecule has 0 unspecified atom stereocenters. The number of hydrogen-bond donors (Lipinski definition) is 0. The van der Waals surface area contributed by atoms with Gasteiger partial charge in [-0.3, -0.25) is 4.79 Å². The maximum atomic E-state index is 11.1. The summed E-state index contributed by atoms with van der Waals surface area (Å²) in [4.78, 5) is 21.4. The van der Waals surface area contributed by atoms with Gasteiger partial charge in [0.15, 0.2) is 0 Å². The van der Waals surface area contributed by atoms with Crippen molar-refractivity contribution in [1.29, 1.82) is 0 Å². The molecule has 6 heteroatoms. The number of aromatic nitrogens is 2.